The van der Waals surface area contributed by atoms with Crippen molar-refractivity contribution in [3.05, 3.63) is 41.0 Å². The summed E-state index contributed by atoms with van der Waals surface area (Å²) in [5.74, 6) is 0. The van der Waals surface area contributed by atoms with Gasteiger partial charge in [-0.15, -0.1) is 0 Å². The van der Waals surface area contributed by atoms with E-state index in [1.54, 1.807) is 0 Å². The van der Waals surface area contributed by atoms with E-state index in [4.69, 9.17) is 0 Å². The second-order valence-electron chi connectivity index (χ2n) is 3.69. The maximum Gasteiger partial charge on any atom is 0.0652 e. The lowest BCUT2D eigenvalue weighted by Gasteiger charge is -2.00. The molecule has 0 saturated carbocycles. The number of hydrogen-bond donors (Lipinski definition) is 0. The molecule has 2 aliphatic rings. The first-order valence-corrected chi connectivity index (χ1v) is 4.68. The number of fused-ring (bicyclic) bond motifs is 2. The maximum absolute atomic E-state index is 4.46. The summed E-state index contributed by atoms with van der Waals surface area (Å²) in [7, 11) is 0. The third-order valence-electron chi connectivity index (χ3n) is 2.99. The summed E-state index contributed by atoms with van der Waals surface area (Å²) < 4.78 is 0. The molecule has 1 heteroatoms. The van der Waals surface area contributed by atoms with Gasteiger partial charge >= 0.3 is 0 Å². The monoisotopic (exact) mass is 169 g/mol. The summed E-state index contributed by atoms with van der Waals surface area (Å²) in [6.45, 7) is 3.02. The minimum atomic E-state index is 0.901. The fourth-order valence-corrected chi connectivity index (χ4v) is 2.25. The van der Waals surface area contributed by atoms with Crippen LogP contribution in [0, 0.1) is 0 Å². The number of hydrogen-bond acceptors (Lipinski definition) is 1. The number of nitrogens with zero attached hydrogens (tertiary/aromatic N) is 1. The zero-order valence-corrected chi connectivity index (χ0v) is 7.67. The molecule has 0 atom stereocenters. The van der Waals surface area contributed by atoms with Crippen LogP contribution in [0.5, 0.6) is 0 Å². The highest BCUT2D eigenvalue weighted by atomic mass is 14.8. The van der Waals surface area contributed by atoms with Crippen molar-refractivity contribution in [1.82, 2.24) is 0 Å². The molecule has 0 N–H and O–H groups in total. The first kappa shape index (κ1) is 7.07. The molecule has 1 aliphatic carbocycles. The highest BCUT2D eigenvalue weighted by molar-refractivity contribution is 6.10. The fraction of sp³-hybridized carbons (Fsp3) is 0.250. The normalized spacial score (nSPS) is 18.7. The molecule has 0 radical (unpaired) electrons. The average Bonchev–Trinajstić information content (AvgIpc) is 2.67. The van der Waals surface area contributed by atoms with Crippen molar-refractivity contribution in [3.8, 4) is 0 Å². The van der Waals surface area contributed by atoms with Gasteiger partial charge in [0, 0.05) is 12.1 Å². The van der Waals surface area contributed by atoms with E-state index in [0.717, 1.165) is 13.0 Å². The second-order valence-corrected chi connectivity index (χ2v) is 3.69. The van der Waals surface area contributed by atoms with Crippen LogP contribution in [0.2, 0.25) is 0 Å². The van der Waals surface area contributed by atoms with Crippen molar-refractivity contribution in [2.75, 3.05) is 6.54 Å². The van der Waals surface area contributed by atoms with E-state index in [1.165, 1.54) is 28.0 Å². The summed E-state index contributed by atoms with van der Waals surface area (Å²) >= 11 is 0. The van der Waals surface area contributed by atoms with E-state index < -0.39 is 0 Å². The molecule has 0 amide bonds. The van der Waals surface area contributed by atoms with Gasteiger partial charge in [-0.05, 0) is 29.2 Å². The first-order valence-electron chi connectivity index (χ1n) is 4.68. The van der Waals surface area contributed by atoms with Gasteiger partial charge in [-0.3, -0.25) is 4.99 Å². The van der Waals surface area contributed by atoms with Crippen molar-refractivity contribution in [2.45, 2.75) is 13.3 Å². The summed E-state index contributed by atoms with van der Waals surface area (Å²) in [5, 5.41) is 0. The van der Waals surface area contributed by atoms with Gasteiger partial charge in [-0.2, -0.15) is 0 Å². The topological polar surface area (TPSA) is 12.4 Å². The first-order chi connectivity index (χ1) is 6.36. The minimum absolute atomic E-state index is 0.901. The van der Waals surface area contributed by atoms with Crippen LogP contribution in [0.1, 0.15) is 18.1 Å². The summed E-state index contributed by atoms with van der Waals surface area (Å²) in [4.78, 5) is 4.46. The van der Waals surface area contributed by atoms with Crippen LogP contribution >= 0.6 is 0 Å². The smallest absolute Gasteiger partial charge is 0.0652 e. The fourth-order valence-electron chi connectivity index (χ4n) is 2.25. The Hall–Kier alpha value is -1.37. The number of rotatable bonds is 0. The lowest BCUT2D eigenvalue weighted by Crippen LogP contribution is -1.94. The molecule has 0 saturated heterocycles. The van der Waals surface area contributed by atoms with E-state index in [1.807, 2.05) is 0 Å². The Balaban J connectivity index is 2.18. The van der Waals surface area contributed by atoms with Gasteiger partial charge in [0.1, 0.15) is 0 Å². The van der Waals surface area contributed by atoms with Gasteiger partial charge in [0.2, 0.25) is 0 Å². The SMILES string of the molecule is CC1=NCC2=C1Cc1ccccc12. The highest BCUT2D eigenvalue weighted by Gasteiger charge is 2.25. The molecule has 64 valence electrons. The molecule has 1 aromatic carbocycles. The van der Waals surface area contributed by atoms with Crippen LogP contribution in [0.3, 0.4) is 0 Å². The molecule has 13 heavy (non-hydrogen) atoms. The molecule has 1 aliphatic heterocycles. The molecular weight excluding hydrogens is 158 g/mol. The van der Waals surface area contributed by atoms with Crippen molar-refractivity contribution < 1.29 is 0 Å². The van der Waals surface area contributed by atoms with E-state index in [2.05, 4.69) is 36.2 Å². The van der Waals surface area contributed by atoms with E-state index in [-0.39, 0.29) is 0 Å². The van der Waals surface area contributed by atoms with Crippen molar-refractivity contribution in [1.29, 1.82) is 0 Å². The predicted octanol–water partition coefficient (Wildman–Crippen LogP) is 2.47. The number of aliphatic imine (C=N–C) groups is 1. The van der Waals surface area contributed by atoms with E-state index >= 15 is 0 Å². The molecule has 3 rings (SSSR count). The zero-order chi connectivity index (χ0) is 8.84. The third kappa shape index (κ3) is 0.844. The molecule has 1 aromatic rings. The van der Waals surface area contributed by atoms with E-state index in [9.17, 15) is 0 Å². The summed E-state index contributed by atoms with van der Waals surface area (Å²) in [6.07, 6.45) is 1.10. The minimum Gasteiger partial charge on any atom is -0.285 e. The van der Waals surface area contributed by atoms with Gasteiger partial charge in [0.05, 0.1) is 6.54 Å². The van der Waals surface area contributed by atoms with Gasteiger partial charge in [-0.25, -0.2) is 0 Å². The third-order valence-corrected chi connectivity index (χ3v) is 2.99. The number of benzene rings is 1. The molecular formula is C12H11N. The Morgan fingerprint density at radius 2 is 2.00 bits per heavy atom. The predicted molar refractivity (Wildman–Crippen MR) is 55.0 cm³/mol. The van der Waals surface area contributed by atoms with Crippen LogP contribution in [-0.2, 0) is 6.42 Å². The Labute approximate surface area is 77.8 Å². The van der Waals surface area contributed by atoms with Gasteiger partial charge < -0.3 is 0 Å². The lowest BCUT2D eigenvalue weighted by atomic mass is 10.1. The highest BCUT2D eigenvalue weighted by Crippen LogP contribution is 2.36. The van der Waals surface area contributed by atoms with E-state index in [0.29, 0.717) is 0 Å². The Bertz CT molecular complexity index is 438. The largest absolute Gasteiger partial charge is 0.285 e. The molecule has 0 fully saturated rings. The molecule has 1 nitrogen and oxygen atoms in total. The van der Waals surface area contributed by atoms with Crippen molar-refractivity contribution in [2.24, 2.45) is 4.99 Å². The zero-order valence-electron chi connectivity index (χ0n) is 7.67. The van der Waals surface area contributed by atoms with Crippen LogP contribution in [-0.4, -0.2) is 12.3 Å². The van der Waals surface area contributed by atoms with Gasteiger partial charge in [0.25, 0.3) is 0 Å². The van der Waals surface area contributed by atoms with Crippen LogP contribution < -0.4 is 0 Å². The van der Waals surface area contributed by atoms with Crippen LogP contribution in [0.4, 0.5) is 0 Å². The maximum atomic E-state index is 4.46. The molecule has 0 spiro atoms. The van der Waals surface area contributed by atoms with Crippen LogP contribution in [0.15, 0.2) is 34.8 Å². The Morgan fingerprint density at radius 3 is 2.92 bits per heavy atom. The Morgan fingerprint density at radius 1 is 1.15 bits per heavy atom. The second kappa shape index (κ2) is 2.32. The van der Waals surface area contributed by atoms with Crippen LogP contribution in [0.25, 0.3) is 5.57 Å². The molecule has 1 heterocycles. The van der Waals surface area contributed by atoms with Crippen molar-refractivity contribution >= 4 is 11.3 Å². The quantitative estimate of drug-likeness (QED) is 0.565. The number of allylic oxidation sites excluding steroid dienone is 1. The molecule has 0 unspecified atom stereocenters. The average molecular weight is 169 g/mol. The summed E-state index contributed by atoms with van der Waals surface area (Å²) in [5.41, 5.74) is 7.08. The Kier molecular flexibility index (Phi) is 1.26. The molecule has 0 bridgehead atoms. The van der Waals surface area contributed by atoms with Gasteiger partial charge in [-0.1, -0.05) is 24.3 Å². The standard InChI is InChI=1S/C12H11N/c1-8-11-6-9-4-2-3-5-10(9)12(11)7-13-8/h2-5H,6-7H2,1H3. The van der Waals surface area contributed by atoms with Gasteiger partial charge in [0.15, 0.2) is 0 Å². The summed E-state index contributed by atoms with van der Waals surface area (Å²) in [6, 6.07) is 8.67. The van der Waals surface area contributed by atoms with Crippen molar-refractivity contribution in [3.63, 3.8) is 0 Å². The molecule has 0 aromatic heterocycles. The lowest BCUT2D eigenvalue weighted by molar-refractivity contribution is 1.23.